The lowest BCUT2D eigenvalue weighted by Crippen LogP contribution is -2.50. The molecule has 1 N–H and O–H groups in total. The van der Waals surface area contributed by atoms with E-state index in [-0.39, 0.29) is 18.4 Å². The maximum atomic E-state index is 13.1. The van der Waals surface area contributed by atoms with E-state index in [2.05, 4.69) is 12.2 Å². The highest BCUT2D eigenvalue weighted by Gasteiger charge is 2.28. The maximum absolute atomic E-state index is 13.1. The van der Waals surface area contributed by atoms with Crippen LogP contribution in [0.5, 0.6) is 5.75 Å². The molecular formula is C24H31ClN2O3. The van der Waals surface area contributed by atoms with E-state index in [0.29, 0.717) is 30.3 Å². The highest BCUT2D eigenvalue weighted by molar-refractivity contribution is 6.32. The molecule has 162 valence electrons. The van der Waals surface area contributed by atoms with Gasteiger partial charge in [-0.25, -0.2) is 0 Å². The van der Waals surface area contributed by atoms with Crippen LogP contribution in [0.3, 0.4) is 0 Å². The lowest BCUT2D eigenvalue weighted by atomic mass is 10.1. The Bertz CT molecular complexity index is 823. The van der Waals surface area contributed by atoms with Gasteiger partial charge in [0.2, 0.25) is 5.91 Å². The summed E-state index contributed by atoms with van der Waals surface area (Å²) in [4.78, 5) is 27.5. The standard InChI is InChI=1S/C24H31ClN2O3/c1-4-6-15-26-24(29)21(5-2)27(16-19-13-11-18(3)12-14-19)23(28)17-30-22-10-8-7-9-20(22)25/h7-14,21H,4-6,15-17H2,1-3H3,(H,26,29). The van der Waals surface area contributed by atoms with E-state index in [4.69, 9.17) is 16.3 Å². The Labute approximate surface area is 184 Å². The van der Waals surface area contributed by atoms with E-state index in [1.807, 2.05) is 38.1 Å². The topological polar surface area (TPSA) is 58.6 Å². The molecule has 6 heteroatoms. The summed E-state index contributed by atoms with van der Waals surface area (Å²) in [6.07, 6.45) is 2.42. The first-order chi connectivity index (χ1) is 14.5. The van der Waals surface area contributed by atoms with Gasteiger partial charge in [-0.15, -0.1) is 0 Å². The molecular weight excluding hydrogens is 400 g/mol. The molecule has 0 heterocycles. The van der Waals surface area contributed by atoms with Crippen LogP contribution in [-0.4, -0.2) is 35.9 Å². The summed E-state index contributed by atoms with van der Waals surface area (Å²) in [7, 11) is 0. The zero-order valence-corrected chi connectivity index (χ0v) is 18.7. The Morgan fingerprint density at radius 1 is 1.10 bits per heavy atom. The average molecular weight is 431 g/mol. The smallest absolute Gasteiger partial charge is 0.261 e. The Balaban J connectivity index is 2.17. The van der Waals surface area contributed by atoms with Crippen molar-refractivity contribution in [1.82, 2.24) is 10.2 Å². The summed E-state index contributed by atoms with van der Waals surface area (Å²) >= 11 is 6.13. The summed E-state index contributed by atoms with van der Waals surface area (Å²) < 4.78 is 5.65. The summed E-state index contributed by atoms with van der Waals surface area (Å²) in [6, 6.07) is 14.4. The molecule has 2 aromatic carbocycles. The van der Waals surface area contributed by atoms with Gasteiger partial charge in [0, 0.05) is 13.1 Å². The third-order valence-corrected chi connectivity index (χ3v) is 5.19. The Morgan fingerprint density at radius 3 is 2.43 bits per heavy atom. The minimum atomic E-state index is -0.564. The van der Waals surface area contributed by atoms with Gasteiger partial charge in [0.05, 0.1) is 5.02 Å². The molecule has 0 aliphatic rings. The molecule has 0 bridgehead atoms. The van der Waals surface area contributed by atoms with E-state index < -0.39 is 6.04 Å². The van der Waals surface area contributed by atoms with Crippen molar-refractivity contribution in [2.24, 2.45) is 0 Å². The van der Waals surface area contributed by atoms with Crippen LogP contribution in [0.2, 0.25) is 5.02 Å². The number of unbranched alkanes of at least 4 members (excludes halogenated alkanes) is 1. The van der Waals surface area contributed by atoms with Crippen molar-refractivity contribution in [3.63, 3.8) is 0 Å². The van der Waals surface area contributed by atoms with Crippen LogP contribution in [0.15, 0.2) is 48.5 Å². The number of para-hydroxylation sites is 1. The van der Waals surface area contributed by atoms with Crippen LogP contribution in [0.25, 0.3) is 0 Å². The number of nitrogens with zero attached hydrogens (tertiary/aromatic N) is 1. The van der Waals surface area contributed by atoms with E-state index in [0.717, 1.165) is 24.0 Å². The number of nitrogens with one attached hydrogen (secondary N) is 1. The molecule has 0 radical (unpaired) electrons. The number of rotatable bonds is 11. The third-order valence-electron chi connectivity index (χ3n) is 4.88. The van der Waals surface area contributed by atoms with E-state index in [9.17, 15) is 9.59 Å². The summed E-state index contributed by atoms with van der Waals surface area (Å²) in [5.74, 6) is 0.0559. The van der Waals surface area contributed by atoms with Crippen LogP contribution < -0.4 is 10.1 Å². The zero-order valence-electron chi connectivity index (χ0n) is 18.0. The second-order valence-electron chi connectivity index (χ2n) is 7.29. The van der Waals surface area contributed by atoms with Crippen LogP contribution in [-0.2, 0) is 16.1 Å². The Hall–Kier alpha value is -2.53. The number of amides is 2. The normalized spacial score (nSPS) is 11.6. The molecule has 0 saturated heterocycles. The molecule has 2 rings (SSSR count). The van der Waals surface area contributed by atoms with Crippen molar-refractivity contribution in [2.75, 3.05) is 13.2 Å². The van der Waals surface area contributed by atoms with Crippen LogP contribution >= 0.6 is 11.6 Å². The summed E-state index contributed by atoms with van der Waals surface area (Å²) in [5, 5.41) is 3.40. The first kappa shape index (κ1) is 23.7. The fourth-order valence-electron chi connectivity index (χ4n) is 3.10. The fraction of sp³-hybridized carbons (Fsp3) is 0.417. The molecule has 0 aliphatic carbocycles. The van der Waals surface area contributed by atoms with Gasteiger partial charge in [-0.05, 0) is 37.5 Å². The van der Waals surface area contributed by atoms with Gasteiger partial charge < -0.3 is 15.0 Å². The zero-order chi connectivity index (χ0) is 21.9. The van der Waals surface area contributed by atoms with E-state index >= 15 is 0 Å². The summed E-state index contributed by atoms with van der Waals surface area (Å²) in [5.41, 5.74) is 2.11. The number of carbonyl (C=O) groups excluding carboxylic acids is 2. The highest BCUT2D eigenvalue weighted by Crippen LogP contribution is 2.23. The minimum Gasteiger partial charge on any atom is -0.482 e. The first-order valence-electron chi connectivity index (χ1n) is 10.5. The molecule has 2 aromatic rings. The number of carbonyl (C=O) groups is 2. The first-order valence-corrected chi connectivity index (χ1v) is 10.8. The number of hydrogen-bond acceptors (Lipinski definition) is 3. The van der Waals surface area contributed by atoms with Crippen LogP contribution in [0, 0.1) is 6.92 Å². The van der Waals surface area contributed by atoms with Crippen molar-refractivity contribution in [2.45, 2.75) is 52.6 Å². The monoisotopic (exact) mass is 430 g/mol. The fourth-order valence-corrected chi connectivity index (χ4v) is 3.29. The number of halogens is 1. The molecule has 5 nitrogen and oxygen atoms in total. The molecule has 0 aliphatic heterocycles. The van der Waals surface area contributed by atoms with Crippen molar-refractivity contribution in [1.29, 1.82) is 0 Å². The predicted octanol–water partition coefficient (Wildman–Crippen LogP) is 4.75. The average Bonchev–Trinajstić information content (AvgIpc) is 2.74. The number of benzene rings is 2. The van der Waals surface area contributed by atoms with Gasteiger partial charge in [0.15, 0.2) is 6.61 Å². The van der Waals surface area contributed by atoms with Gasteiger partial charge >= 0.3 is 0 Å². The molecule has 1 atom stereocenters. The van der Waals surface area contributed by atoms with Crippen molar-refractivity contribution in [3.8, 4) is 5.75 Å². The highest BCUT2D eigenvalue weighted by atomic mass is 35.5. The van der Waals surface area contributed by atoms with Gasteiger partial charge in [-0.2, -0.15) is 0 Å². The minimum absolute atomic E-state index is 0.135. The lowest BCUT2D eigenvalue weighted by Gasteiger charge is -2.30. The maximum Gasteiger partial charge on any atom is 0.261 e. The molecule has 0 fully saturated rings. The van der Waals surface area contributed by atoms with Gasteiger partial charge in [-0.1, -0.05) is 73.8 Å². The van der Waals surface area contributed by atoms with Crippen LogP contribution in [0.1, 0.15) is 44.2 Å². The largest absolute Gasteiger partial charge is 0.482 e. The SMILES string of the molecule is CCCCNC(=O)C(CC)N(Cc1ccc(C)cc1)C(=O)COc1ccccc1Cl. The number of ether oxygens (including phenoxy) is 1. The lowest BCUT2D eigenvalue weighted by molar-refractivity contribution is -0.143. The Morgan fingerprint density at radius 2 is 1.80 bits per heavy atom. The van der Waals surface area contributed by atoms with Gasteiger partial charge in [-0.3, -0.25) is 9.59 Å². The molecule has 30 heavy (non-hydrogen) atoms. The molecule has 0 aromatic heterocycles. The summed E-state index contributed by atoms with van der Waals surface area (Å²) in [6.45, 7) is 6.75. The van der Waals surface area contributed by atoms with Crippen molar-refractivity contribution in [3.05, 3.63) is 64.7 Å². The van der Waals surface area contributed by atoms with Gasteiger partial charge in [0.1, 0.15) is 11.8 Å². The van der Waals surface area contributed by atoms with Crippen molar-refractivity contribution < 1.29 is 14.3 Å². The van der Waals surface area contributed by atoms with Crippen molar-refractivity contribution >= 4 is 23.4 Å². The van der Waals surface area contributed by atoms with E-state index in [1.165, 1.54) is 0 Å². The molecule has 2 amide bonds. The van der Waals surface area contributed by atoms with Crippen LogP contribution in [0.4, 0.5) is 0 Å². The van der Waals surface area contributed by atoms with Gasteiger partial charge in [0.25, 0.3) is 5.91 Å². The quantitative estimate of drug-likeness (QED) is 0.523. The molecule has 0 saturated carbocycles. The second kappa shape index (κ2) is 12.2. The second-order valence-corrected chi connectivity index (χ2v) is 7.70. The predicted molar refractivity (Wildman–Crippen MR) is 121 cm³/mol. The third kappa shape index (κ3) is 7.06. The van der Waals surface area contributed by atoms with E-state index in [1.54, 1.807) is 29.2 Å². The number of aryl methyl sites for hydroxylation is 1. The Kier molecular flexibility index (Phi) is 9.68. The molecule has 1 unspecified atom stereocenters. The molecule has 0 spiro atoms. The number of hydrogen-bond donors (Lipinski definition) is 1.